The summed E-state index contributed by atoms with van der Waals surface area (Å²) in [4.78, 5) is 17.2. The largest absolute Gasteiger partial charge is 0.497 e. The fourth-order valence-electron chi connectivity index (χ4n) is 3.28. The molecule has 174 valence electrons. The maximum atomic E-state index is 12.6. The molecule has 0 radical (unpaired) electrons. The molecule has 4 aromatic rings. The summed E-state index contributed by atoms with van der Waals surface area (Å²) >= 11 is 5.33. The van der Waals surface area contributed by atoms with Gasteiger partial charge in [-0.05, 0) is 73.2 Å². The van der Waals surface area contributed by atoms with Crippen molar-refractivity contribution in [1.82, 2.24) is 10.3 Å². The number of anilines is 1. The quantitative estimate of drug-likeness (QED) is 0.246. The van der Waals surface area contributed by atoms with Gasteiger partial charge < -0.3 is 19.2 Å². The van der Waals surface area contributed by atoms with Crippen LogP contribution in [0.4, 0.5) is 5.69 Å². The first-order valence-electron chi connectivity index (χ1n) is 11.0. The van der Waals surface area contributed by atoms with Gasteiger partial charge in [0.15, 0.2) is 10.7 Å². The third-order valence-corrected chi connectivity index (χ3v) is 5.26. The summed E-state index contributed by atoms with van der Waals surface area (Å²) in [7, 11) is 1.61. The molecule has 7 nitrogen and oxygen atoms in total. The molecule has 1 amide bonds. The maximum absolute atomic E-state index is 12.6. The van der Waals surface area contributed by atoms with Crippen molar-refractivity contribution in [3.8, 4) is 23.0 Å². The molecule has 0 atom stereocenters. The fourth-order valence-corrected chi connectivity index (χ4v) is 3.49. The highest BCUT2D eigenvalue weighted by Crippen LogP contribution is 2.28. The number of rotatable bonds is 8. The van der Waals surface area contributed by atoms with Crippen LogP contribution in [0.5, 0.6) is 11.5 Å². The van der Waals surface area contributed by atoms with Crippen LogP contribution in [-0.2, 0) is 0 Å². The molecule has 0 saturated heterocycles. The van der Waals surface area contributed by atoms with E-state index in [4.69, 9.17) is 26.1 Å². The standard InChI is InChI=1S/C26H25N3O4S/c1-3-4-13-32-21-10-5-7-17(14-21)24(30)29-26(34)27-19-11-12-23-22(16-19)28-25(33-23)18-8-6-9-20(15-18)31-2/h5-12,14-16H,3-4,13H2,1-2H3,(H2,27,29,30,34). The molecule has 34 heavy (non-hydrogen) atoms. The van der Waals surface area contributed by atoms with Gasteiger partial charge in [-0.15, -0.1) is 0 Å². The number of methoxy groups -OCH3 is 1. The van der Waals surface area contributed by atoms with Crippen molar-refractivity contribution in [3.05, 3.63) is 72.3 Å². The average Bonchev–Trinajstić information content (AvgIpc) is 3.28. The van der Waals surface area contributed by atoms with Gasteiger partial charge in [0.2, 0.25) is 5.89 Å². The van der Waals surface area contributed by atoms with E-state index in [2.05, 4.69) is 22.5 Å². The Morgan fingerprint density at radius 3 is 2.71 bits per heavy atom. The fraction of sp³-hybridized carbons (Fsp3) is 0.192. The molecular weight excluding hydrogens is 450 g/mol. The van der Waals surface area contributed by atoms with Crippen LogP contribution in [0, 0.1) is 0 Å². The molecule has 8 heteroatoms. The summed E-state index contributed by atoms with van der Waals surface area (Å²) in [6.07, 6.45) is 2.00. The van der Waals surface area contributed by atoms with Crippen LogP contribution in [0.1, 0.15) is 30.1 Å². The van der Waals surface area contributed by atoms with Gasteiger partial charge in [0, 0.05) is 16.8 Å². The molecule has 1 heterocycles. The predicted octanol–water partition coefficient (Wildman–Crippen LogP) is 5.81. The average molecular weight is 476 g/mol. The monoisotopic (exact) mass is 475 g/mol. The second-order valence-corrected chi connectivity index (χ2v) is 7.98. The Morgan fingerprint density at radius 2 is 1.88 bits per heavy atom. The van der Waals surface area contributed by atoms with Crippen molar-refractivity contribution in [3.63, 3.8) is 0 Å². The van der Waals surface area contributed by atoms with E-state index in [1.54, 1.807) is 31.4 Å². The van der Waals surface area contributed by atoms with Crippen molar-refractivity contribution in [2.24, 2.45) is 0 Å². The summed E-state index contributed by atoms with van der Waals surface area (Å²) in [5.41, 5.74) is 3.26. The normalized spacial score (nSPS) is 10.6. The number of carbonyl (C=O) groups excluding carboxylic acids is 1. The zero-order valence-electron chi connectivity index (χ0n) is 19.0. The summed E-state index contributed by atoms with van der Waals surface area (Å²) in [6, 6.07) is 20.0. The van der Waals surface area contributed by atoms with Gasteiger partial charge in [0.1, 0.15) is 17.0 Å². The van der Waals surface area contributed by atoms with E-state index < -0.39 is 0 Å². The first-order chi connectivity index (χ1) is 16.6. The smallest absolute Gasteiger partial charge is 0.257 e. The van der Waals surface area contributed by atoms with Crippen molar-refractivity contribution in [2.75, 3.05) is 19.0 Å². The minimum absolute atomic E-state index is 0.179. The first-order valence-corrected chi connectivity index (χ1v) is 11.4. The van der Waals surface area contributed by atoms with Gasteiger partial charge in [-0.25, -0.2) is 4.98 Å². The molecule has 0 bridgehead atoms. The van der Waals surface area contributed by atoms with Gasteiger partial charge >= 0.3 is 0 Å². The number of hydrogen-bond acceptors (Lipinski definition) is 6. The second-order valence-electron chi connectivity index (χ2n) is 7.57. The number of benzene rings is 3. The number of thiocarbonyl (C=S) groups is 1. The van der Waals surface area contributed by atoms with Crippen molar-refractivity contribution in [1.29, 1.82) is 0 Å². The topological polar surface area (TPSA) is 85.6 Å². The number of hydrogen-bond donors (Lipinski definition) is 2. The van der Waals surface area contributed by atoms with Gasteiger partial charge in [-0.3, -0.25) is 10.1 Å². The molecule has 0 aliphatic heterocycles. The molecule has 0 saturated carbocycles. The minimum atomic E-state index is -0.318. The lowest BCUT2D eigenvalue weighted by atomic mass is 10.2. The summed E-state index contributed by atoms with van der Waals surface area (Å²) < 4.78 is 16.8. The van der Waals surface area contributed by atoms with Crippen LogP contribution in [0.2, 0.25) is 0 Å². The highest BCUT2D eigenvalue weighted by atomic mass is 32.1. The van der Waals surface area contributed by atoms with Crippen LogP contribution >= 0.6 is 12.2 Å². The second kappa shape index (κ2) is 10.8. The maximum Gasteiger partial charge on any atom is 0.257 e. The number of oxazole rings is 1. The molecule has 0 aliphatic rings. The lowest BCUT2D eigenvalue weighted by Gasteiger charge is -2.10. The Labute approximate surface area is 203 Å². The summed E-state index contributed by atoms with van der Waals surface area (Å²) in [6.45, 7) is 2.72. The minimum Gasteiger partial charge on any atom is -0.497 e. The number of aromatic nitrogens is 1. The van der Waals surface area contributed by atoms with Gasteiger partial charge in [0.25, 0.3) is 5.91 Å². The lowest BCUT2D eigenvalue weighted by Crippen LogP contribution is -2.34. The molecule has 2 N–H and O–H groups in total. The number of nitrogens with one attached hydrogen (secondary N) is 2. The van der Waals surface area contributed by atoms with Crippen LogP contribution in [0.25, 0.3) is 22.6 Å². The SMILES string of the molecule is CCCCOc1cccc(C(=O)NC(=S)Nc2ccc3oc(-c4cccc(OC)c4)nc3c2)c1. The van der Waals surface area contributed by atoms with Crippen LogP contribution in [0.3, 0.4) is 0 Å². The van der Waals surface area contributed by atoms with Crippen molar-refractivity contribution >= 4 is 40.0 Å². The number of ether oxygens (including phenoxy) is 2. The van der Waals surface area contributed by atoms with E-state index in [0.717, 1.165) is 24.2 Å². The van der Waals surface area contributed by atoms with Crippen LogP contribution < -0.4 is 20.1 Å². The summed E-state index contributed by atoms with van der Waals surface area (Å²) in [5.74, 6) is 1.55. The van der Waals surface area contributed by atoms with E-state index in [0.29, 0.717) is 40.6 Å². The molecule has 0 spiro atoms. The summed E-state index contributed by atoms with van der Waals surface area (Å²) in [5, 5.41) is 5.90. The Morgan fingerprint density at radius 1 is 1.06 bits per heavy atom. The van der Waals surface area contributed by atoms with Gasteiger partial charge in [-0.2, -0.15) is 0 Å². The first kappa shape index (κ1) is 23.3. The highest BCUT2D eigenvalue weighted by molar-refractivity contribution is 7.80. The number of fused-ring (bicyclic) bond motifs is 1. The number of unbranched alkanes of at least 4 members (excludes halogenated alkanes) is 1. The lowest BCUT2D eigenvalue weighted by molar-refractivity contribution is 0.0977. The Hall–Kier alpha value is -3.91. The third kappa shape index (κ3) is 5.71. The number of carbonyl (C=O) groups is 1. The Balaban J connectivity index is 1.41. The van der Waals surface area contributed by atoms with Crippen LogP contribution in [0.15, 0.2) is 71.1 Å². The molecular formula is C26H25N3O4S. The Kier molecular flexibility index (Phi) is 7.39. The molecule has 0 unspecified atom stereocenters. The Bertz CT molecular complexity index is 1320. The van der Waals surface area contributed by atoms with E-state index in [9.17, 15) is 4.79 Å². The van der Waals surface area contributed by atoms with E-state index in [1.165, 1.54) is 0 Å². The number of nitrogens with zero attached hydrogens (tertiary/aromatic N) is 1. The zero-order valence-corrected chi connectivity index (χ0v) is 19.8. The molecule has 0 aliphatic carbocycles. The van der Waals surface area contributed by atoms with Gasteiger partial charge in [0.05, 0.1) is 13.7 Å². The van der Waals surface area contributed by atoms with E-state index in [-0.39, 0.29) is 11.0 Å². The molecule has 4 rings (SSSR count). The molecule has 3 aromatic carbocycles. The van der Waals surface area contributed by atoms with Crippen LogP contribution in [-0.4, -0.2) is 29.7 Å². The van der Waals surface area contributed by atoms with E-state index >= 15 is 0 Å². The van der Waals surface area contributed by atoms with Crippen molar-refractivity contribution in [2.45, 2.75) is 19.8 Å². The van der Waals surface area contributed by atoms with Gasteiger partial charge in [-0.1, -0.05) is 25.5 Å². The third-order valence-electron chi connectivity index (χ3n) is 5.05. The predicted molar refractivity (Wildman–Crippen MR) is 137 cm³/mol. The number of amides is 1. The zero-order chi connectivity index (χ0) is 23.9. The molecule has 1 aromatic heterocycles. The molecule has 0 fully saturated rings. The van der Waals surface area contributed by atoms with Crippen molar-refractivity contribution < 1.29 is 18.7 Å². The van der Waals surface area contributed by atoms with E-state index in [1.807, 2.05) is 42.5 Å². The highest BCUT2D eigenvalue weighted by Gasteiger charge is 2.12.